The molecule has 0 saturated carbocycles. The summed E-state index contributed by atoms with van der Waals surface area (Å²) in [6.45, 7) is 2.13. The second-order valence-corrected chi connectivity index (χ2v) is 4.17. The Labute approximate surface area is 86.3 Å². The second kappa shape index (κ2) is 3.64. The van der Waals surface area contributed by atoms with Crippen LogP contribution in [0.15, 0.2) is 22.8 Å². The maximum Gasteiger partial charge on any atom is 0.128 e. The number of nitrogens with zero attached hydrogens (tertiary/aromatic N) is 2. The van der Waals surface area contributed by atoms with Crippen molar-refractivity contribution in [3.05, 3.63) is 22.8 Å². The van der Waals surface area contributed by atoms with Crippen LogP contribution in [0.1, 0.15) is 0 Å². The fraction of sp³-hybridized carbons (Fsp3) is 0.444. The summed E-state index contributed by atoms with van der Waals surface area (Å²) in [6, 6.07) is 4.65. The molecular weight excluding hydrogens is 230 g/mol. The third-order valence-electron chi connectivity index (χ3n) is 2.38. The summed E-state index contributed by atoms with van der Waals surface area (Å²) in [7, 11) is 2.09. The minimum Gasteiger partial charge on any atom is -0.354 e. The zero-order valence-electron chi connectivity index (χ0n) is 7.50. The molecule has 1 N–H and O–H groups in total. The number of likely N-dealkylation sites (N-methyl/N-ethyl adjacent to an activating group) is 1. The van der Waals surface area contributed by atoms with Gasteiger partial charge in [-0.15, -0.1) is 0 Å². The van der Waals surface area contributed by atoms with Crippen LogP contribution in [0.5, 0.6) is 0 Å². The Kier molecular flexibility index (Phi) is 2.51. The zero-order chi connectivity index (χ0) is 9.26. The minimum absolute atomic E-state index is 0.605. The highest BCUT2D eigenvalue weighted by Crippen LogP contribution is 2.16. The monoisotopic (exact) mass is 241 g/mol. The number of nitrogens with one attached hydrogen (secondary N) is 1. The first-order chi connectivity index (χ1) is 6.27. The van der Waals surface area contributed by atoms with Crippen molar-refractivity contribution >= 4 is 21.7 Å². The van der Waals surface area contributed by atoms with Gasteiger partial charge in [-0.2, -0.15) is 0 Å². The molecular formula is C9H12BrN3. The van der Waals surface area contributed by atoms with Gasteiger partial charge in [0.25, 0.3) is 0 Å². The first-order valence-corrected chi connectivity index (χ1v) is 5.12. The summed E-state index contributed by atoms with van der Waals surface area (Å²) in [5.74, 6) is 1.04. The maximum absolute atomic E-state index is 4.33. The van der Waals surface area contributed by atoms with E-state index in [1.165, 1.54) is 0 Å². The van der Waals surface area contributed by atoms with Crippen LogP contribution in [-0.2, 0) is 0 Å². The fourth-order valence-corrected chi connectivity index (χ4v) is 1.55. The first kappa shape index (κ1) is 8.97. The summed E-state index contributed by atoms with van der Waals surface area (Å²) in [6.07, 6.45) is 1.83. The topological polar surface area (TPSA) is 28.2 Å². The average Bonchev–Trinajstić information content (AvgIpc) is 2.02. The smallest absolute Gasteiger partial charge is 0.128 e. The number of halogens is 1. The van der Waals surface area contributed by atoms with E-state index < -0.39 is 0 Å². The molecule has 1 aromatic rings. The molecule has 70 valence electrons. The summed E-state index contributed by atoms with van der Waals surface area (Å²) in [5, 5.41) is 3.24. The molecule has 2 rings (SSSR count). The molecule has 2 heterocycles. The highest BCUT2D eigenvalue weighted by atomic mass is 79.9. The van der Waals surface area contributed by atoms with Crippen LogP contribution in [-0.4, -0.2) is 31.2 Å². The average molecular weight is 242 g/mol. The molecule has 1 saturated heterocycles. The lowest BCUT2D eigenvalue weighted by molar-refractivity contribution is 0.427. The van der Waals surface area contributed by atoms with Gasteiger partial charge in [0.05, 0.1) is 6.04 Å². The zero-order valence-corrected chi connectivity index (χ0v) is 9.08. The molecule has 0 radical (unpaired) electrons. The van der Waals surface area contributed by atoms with E-state index in [-0.39, 0.29) is 0 Å². The highest BCUT2D eigenvalue weighted by Gasteiger charge is 2.22. The summed E-state index contributed by atoms with van der Waals surface area (Å²) < 4.78 is 1.02. The van der Waals surface area contributed by atoms with E-state index in [0.717, 1.165) is 23.4 Å². The predicted molar refractivity (Wildman–Crippen MR) is 57.0 cm³/mol. The Morgan fingerprint density at radius 2 is 2.31 bits per heavy atom. The lowest BCUT2D eigenvalue weighted by Gasteiger charge is -2.36. The van der Waals surface area contributed by atoms with E-state index in [0.29, 0.717) is 6.04 Å². The molecule has 1 aliphatic heterocycles. The van der Waals surface area contributed by atoms with Gasteiger partial charge in [0.15, 0.2) is 0 Å². The third-order valence-corrected chi connectivity index (χ3v) is 2.85. The highest BCUT2D eigenvalue weighted by molar-refractivity contribution is 9.10. The predicted octanol–water partition coefficient (Wildman–Crippen LogP) is 1.25. The summed E-state index contributed by atoms with van der Waals surface area (Å²) >= 11 is 3.37. The standard InChI is InChI=1S/C9H12BrN3/c1-13(8-5-11-6-8)9-3-2-7(10)4-12-9/h2-4,8,11H,5-6H2,1H3. The normalized spacial score (nSPS) is 16.8. The van der Waals surface area contributed by atoms with Crippen molar-refractivity contribution in [2.24, 2.45) is 0 Å². The van der Waals surface area contributed by atoms with Gasteiger partial charge >= 0.3 is 0 Å². The van der Waals surface area contributed by atoms with Crippen molar-refractivity contribution in [3.63, 3.8) is 0 Å². The van der Waals surface area contributed by atoms with Gasteiger partial charge in [0.2, 0.25) is 0 Å². The Morgan fingerprint density at radius 1 is 1.54 bits per heavy atom. The van der Waals surface area contributed by atoms with Crippen LogP contribution in [0.25, 0.3) is 0 Å². The number of hydrogen-bond acceptors (Lipinski definition) is 3. The van der Waals surface area contributed by atoms with Gasteiger partial charge < -0.3 is 10.2 Å². The number of pyridine rings is 1. The van der Waals surface area contributed by atoms with E-state index >= 15 is 0 Å². The molecule has 1 aliphatic rings. The Morgan fingerprint density at radius 3 is 2.77 bits per heavy atom. The SMILES string of the molecule is CN(c1ccc(Br)cn1)C1CNC1. The van der Waals surface area contributed by atoms with Crippen molar-refractivity contribution in [1.29, 1.82) is 0 Å². The summed E-state index contributed by atoms with van der Waals surface area (Å²) in [5.41, 5.74) is 0. The minimum atomic E-state index is 0.605. The molecule has 13 heavy (non-hydrogen) atoms. The van der Waals surface area contributed by atoms with Gasteiger partial charge in [-0.05, 0) is 28.1 Å². The summed E-state index contributed by atoms with van der Waals surface area (Å²) in [4.78, 5) is 6.54. The number of rotatable bonds is 2. The molecule has 1 aromatic heterocycles. The van der Waals surface area contributed by atoms with Gasteiger partial charge in [-0.25, -0.2) is 4.98 Å². The van der Waals surface area contributed by atoms with Gasteiger partial charge in [-0.3, -0.25) is 0 Å². The molecule has 0 amide bonds. The maximum atomic E-state index is 4.33. The molecule has 3 nitrogen and oxygen atoms in total. The lowest BCUT2D eigenvalue weighted by Crippen LogP contribution is -2.56. The van der Waals surface area contributed by atoms with Crippen molar-refractivity contribution in [2.45, 2.75) is 6.04 Å². The lowest BCUT2D eigenvalue weighted by atomic mass is 10.1. The number of aromatic nitrogens is 1. The van der Waals surface area contributed by atoms with Crippen LogP contribution < -0.4 is 10.2 Å². The van der Waals surface area contributed by atoms with E-state index in [2.05, 4.69) is 38.2 Å². The largest absolute Gasteiger partial charge is 0.354 e. The van der Waals surface area contributed by atoms with Crippen LogP contribution in [0, 0.1) is 0 Å². The molecule has 0 spiro atoms. The van der Waals surface area contributed by atoms with E-state index in [1.54, 1.807) is 0 Å². The van der Waals surface area contributed by atoms with Gasteiger partial charge in [-0.1, -0.05) is 0 Å². The molecule has 4 heteroatoms. The quantitative estimate of drug-likeness (QED) is 0.846. The van der Waals surface area contributed by atoms with Crippen LogP contribution >= 0.6 is 15.9 Å². The molecule has 0 unspecified atom stereocenters. The van der Waals surface area contributed by atoms with Crippen LogP contribution in [0.4, 0.5) is 5.82 Å². The van der Waals surface area contributed by atoms with Crippen molar-refractivity contribution in [2.75, 3.05) is 25.0 Å². The number of anilines is 1. The Bertz CT molecular complexity index is 281. The molecule has 0 atom stereocenters. The van der Waals surface area contributed by atoms with Crippen LogP contribution in [0.3, 0.4) is 0 Å². The Balaban J connectivity index is 2.10. The fourth-order valence-electron chi connectivity index (χ4n) is 1.31. The number of hydrogen-bond donors (Lipinski definition) is 1. The Hall–Kier alpha value is -0.610. The van der Waals surface area contributed by atoms with Crippen molar-refractivity contribution < 1.29 is 0 Å². The third kappa shape index (κ3) is 1.84. The molecule has 0 aliphatic carbocycles. The van der Waals surface area contributed by atoms with Gasteiger partial charge in [0.1, 0.15) is 5.82 Å². The van der Waals surface area contributed by atoms with Gasteiger partial charge in [0, 0.05) is 30.8 Å². The molecule has 0 aromatic carbocycles. The molecule has 1 fully saturated rings. The van der Waals surface area contributed by atoms with E-state index in [9.17, 15) is 0 Å². The second-order valence-electron chi connectivity index (χ2n) is 3.26. The van der Waals surface area contributed by atoms with Crippen molar-refractivity contribution in [1.82, 2.24) is 10.3 Å². The van der Waals surface area contributed by atoms with E-state index in [4.69, 9.17) is 0 Å². The van der Waals surface area contributed by atoms with Crippen molar-refractivity contribution in [3.8, 4) is 0 Å². The van der Waals surface area contributed by atoms with Crippen LogP contribution in [0.2, 0.25) is 0 Å². The first-order valence-electron chi connectivity index (χ1n) is 4.32. The van der Waals surface area contributed by atoms with E-state index in [1.807, 2.05) is 18.3 Å². The molecule has 0 bridgehead atoms.